The van der Waals surface area contributed by atoms with Gasteiger partial charge in [-0.3, -0.25) is 4.99 Å². The predicted octanol–water partition coefficient (Wildman–Crippen LogP) is 7.43. The van der Waals surface area contributed by atoms with Gasteiger partial charge in [0.15, 0.2) is 5.58 Å². The van der Waals surface area contributed by atoms with Gasteiger partial charge in [-0.25, -0.2) is 4.98 Å². The first-order valence-corrected chi connectivity index (χ1v) is 10.4. The monoisotopic (exact) mass is 418 g/mol. The zero-order chi connectivity index (χ0) is 21.3. The Bertz CT molecular complexity index is 1240. The highest BCUT2D eigenvalue weighted by molar-refractivity contribution is 6.31. The van der Waals surface area contributed by atoms with Gasteiger partial charge in [-0.05, 0) is 72.9 Å². The van der Waals surface area contributed by atoms with Gasteiger partial charge in [0.25, 0.3) is 0 Å². The molecule has 5 heteroatoms. The summed E-state index contributed by atoms with van der Waals surface area (Å²) < 4.78 is 5.97. The largest absolute Gasteiger partial charge is 0.507 e. The number of aryl methyl sites for hydroxylation is 1. The Kier molecular flexibility index (Phi) is 5.60. The third kappa shape index (κ3) is 4.10. The van der Waals surface area contributed by atoms with E-state index in [9.17, 15) is 5.11 Å². The van der Waals surface area contributed by atoms with E-state index in [4.69, 9.17) is 16.0 Å². The molecule has 3 aromatic carbocycles. The Balaban J connectivity index is 1.65. The maximum Gasteiger partial charge on any atom is 0.227 e. The standard InChI is InChI=1S/C25H23ClN2O2/c1-4-15(2)17-8-9-23-22(13-17)28-25(30-23)18-6-5-7-21(12-18)27-14-19-11-20(26)10-16(3)24(19)29/h5-15,29H,4H2,1-3H3/t15-/m0/s1. The van der Waals surface area contributed by atoms with Crippen LogP contribution in [0.15, 0.2) is 64.0 Å². The summed E-state index contributed by atoms with van der Waals surface area (Å²) in [6.45, 7) is 6.20. The average Bonchev–Trinajstić information content (AvgIpc) is 3.18. The second kappa shape index (κ2) is 8.33. The van der Waals surface area contributed by atoms with Crippen LogP contribution in [0.5, 0.6) is 5.75 Å². The highest BCUT2D eigenvalue weighted by Crippen LogP contribution is 2.30. The van der Waals surface area contributed by atoms with Gasteiger partial charge < -0.3 is 9.52 Å². The van der Waals surface area contributed by atoms with Crippen molar-refractivity contribution in [2.75, 3.05) is 0 Å². The van der Waals surface area contributed by atoms with Gasteiger partial charge in [0.2, 0.25) is 5.89 Å². The number of benzene rings is 3. The Hall–Kier alpha value is -3.11. The number of phenols is 1. The smallest absolute Gasteiger partial charge is 0.227 e. The number of aromatic nitrogens is 1. The molecule has 0 unspecified atom stereocenters. The number of fused-ring (bicyclic) bond motifs is 1. The predicted molar refractivity (Wildman–Crippen MR) is 123 cm³/mol. The second-order valence-corrected chi connectivity index (χ2v) is 7.96. The summed E-state index contributed by atoms with van der Waals surface area (Å²) in [6.07, 6.45) is 2.69. The summed E-state index contributed by atoms with van der Waals surface area (Å²) in [5, 5.41) is 10.8. The molecule has 0 aliphatic heterocycles. The third-order valence-electron chi connectivity index (χ3n) is 5.33. The minimum absolute atomic E-state index is 0.176. The second-order valence-electron chi connectivity index (χ2n) is 7.52. The molecule has 0 amide bonds. The van der Waals surface area contributed by atoms with Crippen molar-refractivity contribution in [2.24, 2.45) is 4.99 Å². The number of halogens is 1. The van der Waals surface area contributed by atoms with Gasteiger partial charge in [0, 0.05) is 22.4 Å². The summed E-state index contributed by atoms with van der Waals surface area (Å²) in [7, 11) is 0. The zero-order valence-corrected chi connectivity index (χ0v) is 17.9. The first kappa shape index (κ1) is 20.2. The number of phenolic OH excluding ortho intramolecular Hbond substituents is 1. The van der Waals surface area contributed by atoms with Gasteiger partial charge in [0.1, 0.15) is 11.3 Å². The van der Waals surface area contributed by atoms with E-state index < -0.39 is 0 Å². The molecule has 30 heavy (non-hydrogen) atoms. The fraction of sp³-hybridized carbons (Fsp3) is 0.200. The van der Waals surface area contributed by atoms with Crippen LogP contribution in [0.3, 0.4) is 0 Å². The Labute approximate surface area is 180 Å². The van der Waals surface area contributed by atoms with Gasteiger partial charge in [-0.2, -0.15) is 0 Å². The summed E-state index contributed by atoms with van der Waals surface area (Å²) in [5.74, 6) is 1.22. The molecule has 0 aliphatic rings. The van der Waals surface area contributed by atoms with Gasteiger partial charge in [0.05, 0.1) is 5.69 Å². The SMILES string of the molecule is CC[C@H](C)c1ccc2oc(-c3cccc(N=Cc4cc(Cl)cc(C)c4O)c3)nc2c1. The molecule has 0 aliphatic carbocycles. The molecule has 0 radical (unpaired) electrons. The van der Waals surface area contributed by atoms with E-state index in [1.807, 2.05) is 30.3 Å². The highest BCUT2D eigenvalue weighted by Gasteiger charge is 2.11. The molecule has 1 N–H and O–H groups in total. The normalized spacial score (nSPS) is 12.7. The van der Waals surface area contributed by atoms with Crippen LogP contribution in [-0.4, -0.2) is 16.3 Å². The molecule has 4 rings (SSSR count). The molecule has 0 spiro atoms. The number of nitrogens with zero attached hydrogens (tertiary/aromatic N) is 2. The van der Waals surface area contributed by atoms with Gasteiger partial charge >= 0.3 is 0 Å². The van der Waals surface area contributed by atoms with Crippen LogP contribution in [0.1, 0.15) is 42.9 Å². The van der Waals surface area contributed by atoms with Crippen LogP contribution in [0.4, 0.5) is 5.69 Å². The van der Waals surface area contributed by atoms with Crippen molar-refractivity contribution in [1.29, 1.82) is 0 Å². The first-order chi connectivity index (χ1) is 14.4. The van der Waals surface area contributed by atoms with Crippen molar-refractivity contribution in [3.05, 3.63) is 76.3 Å². The maximum absolute atomic E-state index is 10.2. The fourth-order valence-electron chi connectivity index (χ4n) is 3.33. The lowest BCUT2D eigenvalue weighted by Crippen LogP contribution is -1.90. The molecule has 4 nitrogen and oxygen atoms in total. The topological polar surface area (TPSA) is 58.6 Å². The van der Waals surface area contributed by atoms with Crippen molar-refractivity contribution in [1.82, 2.24) is 4.98 Å². The van der Waals surface area contributed by atoms with Crippen molar-refractivity contribution in [3.8, 4) is 17.2 Å². The zero-order valence-electron chi connectivity index (χ0n) is 17.2. The Morgan fingerprint density at radius 3 is 2.80 bits per heavy atom. The summed E-state index contributed by atoms with van der Waals surface area (Å²) in [6, 6.07) is 17.2. The lowest BCUT2D eigenvalue weighted by molar-refractivity contribution is 0.470. The fourth-order valence-corrected chi connectivity index (χ4v) is 3.61. The van der Waals surface area contributed by atoms with Crippen molar-refractivity contribution < 1.29 is 9.52 Å². The average molecular weight is 419 g/mol. The minimum Gasteiger partial charge on any atom is -0.507 e. The van der Waals surface area contributed by atoms with E-state index in [0.717, 1.165) is 28.8 Å². The van der Waals surface area contributed by atoms with Crippen LogP contribution in [-0.2, 0) is 0 Å². The lowest BCUT2D eigenvalue weighted by atomic mass is 9.98. The molecule has 152 valence electrons. The van der Waals surface area contributed by atoms with Crippen molar-refractivity contribution in [2.45, 2.75) is 33.1 Å². The number of hydrogen-bond donors (Lipinski definition) is 1. The lowest BCUT2D eigenvalue weighted by Gasteiger charge is -2.07. The summed E-state index contributed by atoms with van der Waals surface area (Å²) in [4.78, 5) is 9.18. The molecule has 0 fully saturated rings. The van der Waals surface area contributed by atoms with E-state index in [0.29, 0.717) is 28.0 Å². The molecule has 1 aromatic heterocycles. The first-order valence-electron chi connectivity index (χ1n) is 9.98. The molecule has 1 heterocycles. The number of aliphatic imine (C=N–C) groups is 1. The van der Waals surface area contributed by atoms with E-state index in [2.05, 4.69) is 36.0 Å². The van der Waals surface area contributed by atoms with Crippen molar-refractivity contribution >= 4 is 34.6 Å². The molecule has 0 saturated carbocycles. The number of aromatic hydroxyl groups is 1. The van der Waals surface area contributed by atoms with Crippen LogP contribution in [0.2, 0.25) is 5.02 Å². The van der Waals surface area contributed by atoms with Crippen LogP contribution in [0, 0.1) is 6.92 Å². The number of rotatable bonds is 5. The third-order valence-corrected chi connectivity index (χ3v) is 5.55. The summed E-state index contributed by atoms with van der Waals surface area (Å²) >= 11 is 6.09. The molecule has 0 bridgehead atoms. The van der Waals surface area contributed by atoms with Crippen molar-refractivity contribution in [3.63, 3.8) is 0 Å². The van der Waals surface area contributed by atoms with Gasteiger partial charge in [-0.1, -0.05) is 37.6 Å². The molecule has 0 saturated heterocycles. The van der Waals surface area contributed by atoms with E-state index in [1.165, 1.54) is 5.56 Å². The maximum atomic E-state index is 10.2. The molecule has 1 atom stereocenters. The van der Waals surface area contributed by atoms with Crippen LogP contribution >= 0.6 is 11.6 Å². The molecular formula is C25H23ClN2O2. The van der Waals surface area contributed by atoms with Gasteiger partial charge in [-0.15, -0.1) is 0 Å². The number of oxazole rings is 1. The quantitative estimate of drug-likeness (QED) is 0.343. The molecule has 4 aromatic rings. The Morgan fingerprint density at radius 2 is 2.00 bits per heavy atom. The van der Waals surface area contributed by atoms with Crippen LogP contribution in [0.25, 0.3) is 22.6 Å². The summed E-state index contributed by atoms with van der Waals surface area (Å²) in [5.41, 5.74) is 5.75. The minimum atomic E-state index is 0.176. The highest BCUT2D eigenvalue weighted by atomic mass is 35.5. The Morgan fingerprint density at radius 1 is 1.17 bits per heavy atom. The van der Waals surface area contributed by atoms with Crippen LogP contribution < -0.4 is 0 Å². The number of hydrogen-bond acceptors (Lipinski definition) is 4. The van der Waals surface area contributed by atoms with E-state index in [1.54, 1.807) is 25.3 Å². The molecular weight excluding hydrogens is 396 g/mol. The van der Waals surface area contributed by atoms with E-state index in [-0.39, 0.29) is 5.75 Å². The van der Waals surface area contributed by atoms with E-state index >= 15 is 0 Å².